The highest BCUT2D eigenvalue weighted by atomic mass is 19.1. The van der Waals surface area contributed by atoms with E-state index in [0.29, 0.717) is 24.4 Å². The molecule has 0 unspecified atom stereocenters. The van der Waals surface area contributed by atoms with Crippen LogP contribution in [0, 0.1) is 11.6 Å². The number of halogens is 2. The number of benzene rings is 2. The number of urea groups is 1. The van der Waals surface area contributed by atoms with E-state index in [-0.39, 0.29) is 12.6 Å². The van der Waals surface area contributed by atoms with Gasteiger partial charge in [0.25, 0.3) is 0 Å². The molecule has 0 bridgehead atoms. The molecule has 0 aromatic heterocycles. The average Bonchev–Trinajstić information content (AvgIpc) is 2.91. The van der Waals surface area contributed by atoms with E-state index < -0.39 is 11.6 Å². The molecule has 1 aliphatic heterocycles. The Morgan fingerprint density at radius 1 is 1.09 bits per heavy atom. The lowest BCUT2D eigenvalue weighted by molar-refractivity contribution is 0.218. The Labute approximate surface area is 132 Å². The first-order chi connectivity index (χ1) is 11.1. The van der Waals surface area contributed by atoms with Crippen molar-refractivity contribution < 1.29 is 18.3 Å². The smallest absolute Gasteiger partial charge is 0.324 e. The van der Waals surface area contributed by atoms with Gasteiger partial charge in [0.2, 0.25) is 0 Å². The van der Waals surface area contributed by atoms with Gasteiger partial charge in [0.15, 0.2) is 0 Å². The second-order valence-corrected chi connectivity index (χ2v) is 5.29. The molecule has 0 saturated carbocycles. The number of amides is 2. The Morgan fingerprint density at radius 2 is 1.83 bits per heavy atom. The molecular formula is C17H16F2N2O2. The molecule has 0 spiro atoms. The molecule has 120 valence electrons. The van der Waals surface area contributed by atoms with Crippen molar-refractivity contribution in [1.29, 1.82) is 0 Å². The number of hydrogen-bond donors (Lipinski definition) is 0. The first-order valence-corrected chi connectivity index (χ1v) is 7.23. The summed E-state index contributed by atoms with van der Waals surface area (Å²) in [6, 6.07) is 10.4. The Hall–Kier alpha value is -2.63. The van der Waals surface area contributed by atoms with E-state index in [1.807, 2.05) is 0 Å². The number of nitrogens with zero attached hydrogens (tertiary/aromatic N) is 2. The van der Waals surface area contributed by atoms with E-state index in [2.05, 4.69) is 0 Å². The van der Waals surface area contributed by atoms with Gasteiger partial charge >= 0.3 is 6.03 Å². The Kier molecular flexibility index (Phi) is 4.14. The molecule has 2 aromatic rings. The summed E-state index contributed by atoms with van der Waals surface area (Å²) in [6.45, 7) is 1.13. The second kappa shape index (κ2) is 6.24. The molecule has 1 aliphatic rings. The van der Waals surface area contributed by atoms with Crippen LogP contribution in [-0.2, 0) is 6.54 Å². The summed E-state index contributed by atoms with van der Waals surface area (Å²) >= 11 is 0. The first kappa shape index (κ1) is 15.3. The zero-order valence-corrected chi connectivity index (χ0v) is 12.6. The van der Waals surface area contributed by atoms with E-state index in [4.69, 9.17) is 4.74 Å². The Balaban J connectivity index is 1.73. The average molecular weight is 318 g/mol. The van der Waals surface area contributed by atoms with Gasteiger partial charge < -0.3 is 9.64 Å². The molecule has 1 fully saturated rings. The van der Waals surface area contributed by atoms with Crippen LogP contribution in [0.15, 0.2) is 42.5 Å². The van der Waals surface area contributed by atoms with E-state index in [1.54, 1.807) is 41.2 Å². The normalized spacial score (nSPS) is 14.5. The van der Waals surface area contributed by atoms with Crippen LogP contribution in [-0.4, -0.2) is 31.1 Å². The van der Waals surface area contributed by atoms with Gasteiger partial charge in [-0.25, -0.2) is 13.6 Å². The van der Waals surface area contributed by atoms with Crippen molar-refractivity contribution in [2.24, 2.45) is 0 Å². The van der Waals surface area contributed by atoms with Gasteiger partial charge in [0.1, 0.15) is 17.4 Å². The van der Waals surface area contributed by atoms with Crippen LogP contribution >= 0.6 is 0 Å². The van der Waals surface area contributed by atoms with Crippen LogP contribution in [0.4, 0.5) is 19.3 Å². The van der Waals surface area contributed by atoms with Crippen LogP contribution in [0.5, 0.6) is 5.75 Å². The maximum atomic E-state index is 13.7. The topological polar surface area (TPSA) is 32.8 Å². The van der Waals surface area contributed by atoms with Crippen LogP contribution in [0.25, 0.3) is 0 Å². The van der Waals surface area contributed by atoms with Gasteiger partial charge in [0, 0.05) is 30.4 Å². The quantitative estimate of drug-likeness (QED) is 0.865. The molecule has 1 heterocycles. The molecule has 0 radical (unpaired) electrons. The van der Waals surface area contributed by atoms with Gasteiger partial charge in [0.05, 0.1) is 13.7 Å². The third kappa shape index (κ3) is 3.11. The fourth-order valence-electron chi connectivity index (χ4n) is 2.59. The number of hydrogen-bond acceptors (Lipinski definition) is 2. The van der Waals surface area contributed by atoms with Crippen molar-refractivity contribution in [3.8, 4) is 5.75 Å². The summed E-state index contributed by atoms with van der Waals surface area (Å²) in [5.41, 5.74) is 1.06. The molecule has 2 aromatic carbocycles. The monoisotopic (exact) mass is 318 g/mol. The molecule has 23 heavy (non-hydrogen) atoms. The van der Waals surface area contributed by atoms with Gasteiger partial charge in [-0.1, -0.05) is 6.07 Å². The number of ether oxygens (including phenoxy) is 1. The summed E-state index contributed by atoms with van der Waals surface area (Å²) in [5.74, 6) is -0.551. The fourth-order valence-corrected chi connectivity index (χ4v) is 2.59. The molecule has 0 N–H and O–H groups in total. The number of methoxy groups -OCH3 is 1. The van der Waals surface area contributed by atoms with Crippen LogP contribution in [0.2, 0.25) is 0 Å². The number of anilines is 1. The van der Waals surface area contributed by atoms with Gasteiger partial charge in [-0.3, -0.25) is 4.90 Å². The highest BCUT2D eigenvalue weighted by Gasteiger charge is 2.30. The minimum Gasteiger partial charge on any atom is -0.497 e. The lowest BCUT2D eigenvalue weighted by Crippen LogP contribution is -2.31. The summed E-state index contributed by atoms with van der Waals surface area (Å²) in [5, 5.41) is 0. The van der Waals surface area contributed by atoms with Crippen molar-refractivity contribution in [3.05, 3.63) is 59.7 Å². The third-order valence-corrected chi connectivity index (χ3v) is 3.86. The highest BCUT2D eigenvalue weighted by Crippen LogP contribution is 2.24. The number of rotatable bonds is 4. The van der Waals surface area contributed by atoms with Gasteiger partial charge in [-0.2, -0.15) is 0 Å². The number of carbonyl (C=O) groups is 1. The SMILES string of the molecule is COc1ccc(N2CCN(Cc3ccc(F)cc3F)C2=O)cc1. The van der Waals surface area contributed by atoms with Crippen LogP contribution in [0.3, 0.4) is 0 Å². The van der Waals surface area contributed by atoms with Crippen molar-refractivity contribution >= 4 is 11.7 Å². The van der Waals surface area contributed by atoms with E-state index in [0.717, 1.165) is 11.8 Å². The third-order valence-electron chi connectivity index (χ3n) is 3.86. The van der Waals surface area contributed by atoms with Crippen molar-refractivity contribution in [3.63, 3.8) is 0 Å². The molecule has 4 nitrogen and oxygen atoms in total. The molecule has 6 heteroatoms. The molecular weight excluding hydrogens is 302 g/mol. The van der Waals surface area contributed by atoms with Crippen molar-refractivity contribution in [2.75, 3.05) is 25.1 Å². The minimum atomic E-state index is -0.638. The van der Waals surface area contributed by atoms with Gasteiger partial charge in [-0.15, -0.1) is 0 Å². The zero-order valence-electron chi connectivity index (χ0n) is 12.6. The van der Waals surface area contributed by atoms with Crippen molar-refractivity contribution in [1.82, 2.24) is 4.90 Å². The van der Waals surface area contributed by atoms with Crippen molar-refractivity contribution in [2.45, 2.75) is 6.54 Å². The molecule has 0 aliphatic carbocycles. The maximum Gasteiger partial charge on any atom is 0.324 e. The first-order valence-electron chi connectivity index (χ1n) is 7.23. The Morgan fingerprint density at radius 3 is 2.48 bits per heavy atom. The summed E-state index contributed by atoms with van der Waals surface area (Å²) in [7, 11) is 1.58. The minimum absolute atomic E-state index is 0.123. The van der Waals surface area contributed by atoms with E-state index in [1.165, 1.54) is 12.1 Å². The summed E-state index contributed by atoms with van der Waals surface area (Å²) in [4.78, 5) is 15.6. The molecule has 3 rings (SSSR count). The molecule has 2 amide bonds. The lowest BCUT2D eigenvalue weighted by atomic mass is 10.2. The zero-order chi connectivity index (χ0) is 16.4. The summed E-state index contributed by atoms with van der Waals surface area (Å²) in [6.07, 6.45) is 0. The summed E-state index contributed by atoms with van der Waals surface area (Å²) < 4.78 is 31.8. The lowest BCUT2D eigenvalue weighted by Gasteiger charge is -2.19. The Bertz CT molecular complexity index is 719. The maximum absolute atomic E-state index is 13.7. The predicted molar refractivity (Wildman–Crippen MR) is 82.5 cm³/mol. The fraction of sp³-hybridized carbons (Fsp3) is 0.235. The van der Waals surface area contributed by atoms with E-state index in [9.17, 15) is 13.6 Å². The largest absolute Gasteiger partial charge is 0.497 e. The predicted octanol–water partition coefficient (Wildman–Crippen LogP) is 3.42. The standard InChI is InChI=1S/C17H16F2N2O2/c1-23-15-6-4-14(5-7-15)21-9-8-20(17(21)22)11-12-2-3-13(18)10-16(12)19/h2-7,10H,8-9,11H2,1H3. The molecule has 1 saturated heterocycles. The van der Waals surface area contributed by atoms with E-state index >= 15 is 0 Å². The van der Waals surface area contributed by atoms with Crippen LogP contribution in [0.1, 0.15) is 5.56 Å². The van der Waals surface area contributed by atoms with Gasteiger partial charge in [-0.05, 0) is 30.3 Å². The molecule has 0 atom stereocenters. The number of carbonyl (C=O) groups excluding carboxylic acids is 1. The van der Waals surface area contributed by atoms with Crippen LogP contribution < -0.4 is 9.64 Å². The highest BCUT2D eigenvalue weighted by molar-refractivity contribution is 5.94. The second-order valence-electron chi connectivity index (χ2n) is 5.29.